The maximum absolute atomic E-state index is 13.1. The van der Waals surface area contributed by atoms with Gasteiger partial charge in [0.15, 0.2) is 0 Å². The van der Waals surface area contributed by atoms with Crippen molar-refractivity contribution in [1.82, 2.24) is 9.62 Å². The molecule has 0 bridgehead atoms. The molecule has 0 atom stereocenters. The molecule has 3 rings (SSSR count). The number of morpholine rings is 1. The van der Waals surface area contributed by atoms with Crippen LogP contribution in [0.3, 0.4) is 0 Å². The molecule has 1 fully saturated rings. The number of hydrogen-bond donors (Lipinski definition) is 1. The molecule has 0 aromatic heterocycles. The number of sulfonamides is 1. The molecular weight excluding hydrogens is 392 g/mol. The quantitative estimate of drug-likeness (QED) is 0.745. The third-order valence-corrected chi connectivity index (χ3v) is 6.89. The van der Waals surface area contributed by atoms with E-state index in [0.29, 0.717) is 50.4 Å². The third kappa shape index (κ3) is 4.95. The molecule has 0 aliphatic carbocycles. The van der Waals surface area contributed by atoms with Crippen molar-refractivity contribution in [2.24, 2.45) is 0 Å². The summed E-state index contributed by atoms with van der Waals surface area (Å²) in [6.45, 7) is 3.63. The Morgan fingerprint density at radius 1 is 1.14 bits per heavy atom. The minimum absolute atomic E-state index is 0.194. The summed E-state index contributed by atoms with van der Waals surface area (Å²) in [5.41, 5.74) is 1.94. The van der Waals surface area contributed by atoms with E-state index in [1.165, 1.54) is 10.4 Å². The van der Waals surface area contributed by atoms with Gasteiger partial charge in [-0.1, -0.05) is 25.1 Å². The second kappa shape index (κ2) is 9.39. The molecule has 1 aliphatic rings. The lowest BCUT2D eigenvalue weighted by molar-refractivity contribution is 0.0730. The van der Waals surface area contributed by atoms with Crippen LogP contribution in [-0.2, 0) is 27.7 Å². The Kier molecular flexibility index (Phi) is 6.89. The highest BCUT2D eigenvalue weighted by Gasteiger charge is 2.29. The molecule has 1 heterocycles. The predicted molar refractivity (Wildman–Crippen MR) is 110 cm³/mol. The number of carbonyl (C=O) groups is 1. The van der Waals surface area contributed by atoms with Gasteiger partial charge in [-0.3, -0.25) is 4.79 Å². The highest BCUT2D eigenvalue weighted by Crippen LogP contribution is 2.23. The lowest BCUT2D eigenvalue weighted by Gasteiger charge is -2.27. The number of benzene rings is 2. The maximum Gasteiger partial charge on any atom is 0.251 e. The lowest BCUT2D eigenvalue weighted by atomic mass is 10.1. The van der Waals surface area contributed by atoms with Gasteiger partial charge in [-0.25, -0.2) is 8.42 Å². The molecule has 29 heavy (non-hydrogen) atoms. The normalized spacial score (nSPS) is 15.1. The Bertz CT molecular complexity index is 952. The molecule has 1 N–H and O–H groups in total. The number of ether oxygens (including phenoxy) is 2. The Labute approximate surface area is 171 Å². The standard InChI is InChI=1S/C21H26N2O5S/c1-3-17-6-7-18(14-20(17)29(25,26)23-10-12-28-13-11-23)21(24)22-15-16-4-8-19(27-2)9-5-16/h4-9,14H,3,10-13,15H2,1-2H3,(H,22,24). The summed E-state index contributed by atoms with van der Waals surface area (Å²) in [6, 6.07) is 12.2. The Morgan fingerprint density at radius 2 is 1.83 bits per heavy atom. The molecule has 156 valence electrons. The van der Waals surface area contributed by atoms with Crippen molar-refractivity contribution >= 4 is 15.9 Å². The molecule has 2 aromatic carbocycles. The van der Waals surface area contributed by atoms with Crippen molar-refractivity contribution in [3.05, 3.63) is 59.2 Å². The SMILES string of the molecule is CCc1ccc(C(=O)NCc2ccc(OC)cc2)cc1S(=O)(=O)N1CCOCC1. The molecule has 0 saturated carbocycles. The summed E-state index contributed by atoms with van der Waals surface area (Å²) in [6.07, 6.45) is 0.562. The second-order valence-electron chi connectivity index (χ2n) is 6.72. The first-order valence-electron chi connectivity index (χ1n) is 9.57. The summed E-state index contributed by atoms with van der Waals surface area (Å²) >= 11 is 0. The molecule has 7 nitrogen and oxygen atoms in total. The van der Waals surface area contributed by atoms with Gasteiger partial charge in [-0.15, -0.1) is 0 Å². The van der Waals surface area contributed by atoms with Crippen LogP contribution in [0.2, 0.25) is 0 Å². The van der Waals surface area contributed by atoms with E-state index in [9.17, 15) is 13.2 Å². The average Bonchev–Trinajstić information content (AvgIpc) is 2.77. The number of nitrogens with zero attached hydrogens (tertiary/aromatic N) is 1. The third-order valence-electron chi connectivity index (χ3n) is 4.91. The summed E-state index contributed by atoms with van der Waals surface area (Å²) in [5.74, 6) is 0.426. The van der Waals surface area contributed by atoms with Gasteiger partial charge in [0.2, 0.25) is 10.0 Å². The second-order valence-corrected chi connectivity index (χ2v) is 8.63. The van der Waals surface area contributed by atoms with Crippen LogP contribution in [0.4, 0.5) is 0 Å². The first kappa shape index (κ1) is 21.3. The zero-order valence-electron chi connectivity index (χ0n) is 16.7. The van der Waals surface area contributed by atoms with E-state index in [1.54, 1.807) is 19.2 Å². The molecule has 1 amide bonds. The van der Waals surface area contributed by atoms with E-state index in [2.05, 4.69) is 5.32 Å². The van der Waals surface area contributed by atoms with Crippen LogP contribution in [0, 0.1) is 0 Å². The summed E-state index contributed by atoms with van der Waals surface area (Å²) in [4.78, 5) is 12.8. The van der Waals surface area contributed by atoms with E-state index in [1.807, 2.05) is 31.2 Å². The fourth-order valence-electron chi connectivity index (χ4n) is 3.18. The van der Waals surface area contributed by atoms with Gasteiger partial charge in [0.25, 0.3) is 5.91 Å². The van der Waals surface area contributed by atoms with E-state index in [4.69, 9.17) is 9.47 Å². The molecular formula is C21H26N2O5S. The number of rotatable bonds is 7. The van der Waals surface area contributed by atoms with Crippen molar-refractivity contribution in [3.8, 4) is 5.75 Å². The average molecular weight is 419 g/mol. The van der Waals surface area contributed by atoms with E-state index in [-0.39, 0.29) is 10.8 Å². The maximum atomic E-state index is 13.1. The number of aryl methyl sites for hydroxylation is 1. The van der Waals surface area contributed by atoms with E-state index >= 15 is 0 Å². The first-order chi connectivity index (χ1) is 14.0. The Balaban J connectivity index is 1.78. The number of methoxy groups -OCH3 is 1. The fraction of sp³-hybridized carbons (Fsp3) is 0.381. The number of nitrogens with one attached hydrogen (secondary N) is 1. The van der Waals surface area contributed by atoms with Gasteiger partial charge in [-0.2, -0.15) is 4.31 Å². The molecule has 8 heteroatoms. The highest BCUT2D eigenvalue weighted by molar-refractivity contribution is 7.89. The van der Waals surface area contributed by atoms with Gasteiger partial charge in [-0.05, 0) is 41.8 Å². The monoisotopic (exact) mass is 418 g/mol. The van der Waals surface area contributed by atoms with Crippen molar-refractivity contribution in [1.29, 1.82) is 0 Å². The van der Waals surface area contributed by atoms with Crippen molar-refractivity contribution in [2.75, 3.05) is 33.4 Å². The zero-order chi connectivity index (χ0) is 20.9. The molecule has 0 spiro atoms. The molecule has 1 aliphatic heterocycles. The minimum atomic E-state index is -3.68. The lowest BCUT2D eigenvalue weighted by Crippen LogP contribution is -2.41. The largest absolute Gasteiger partial charge is 0.497 e. The summed E-state index contributed by atoms with van der Waals surface area (Å²) in [7, 11) is -2.08. The van der Waals surface area contributed by atoms with Gasteiger partial charge >= 0.3 is 0 Å². The van der Waals surface area contributed by atoms with Gasteiger partial charge in [0.05, 0.1) is 25.2 Å². The molecule has 0 radical (unpaired) electrons. The van der Waals surface area contributed by atoms with Crippen LogP contribution in [0.1, 0.15) is 28.4 Å². The summed E-state index contributed by atoms with van der Waals surface area (Å²) in [5, 5.41) is 2.84. The first-order valence-corrected chi connectivity index (χ1v) is 11.0. The van der Waals surface area contributed by atoms with Crippen LogP contribution in [0.25, 0.3) is 0 Å². The van der Waals surface area contributed by atoms with Gasteiger partial charge < -0.3 is 14.8 Å². The van der Waals surface area contributed by atoms with Crippen molar-refractivity contribution in [2.45, 2.75) is 24.8 Å². The Morgan fingerprint density at radius 3 is 2.45 bits per heavy atom. The minimum Gasteiger partial charge on any atom is -0.497 e. The van der Waals surface area contributed by atoms with E-state index in [0.717, 1.165) is 11.3 Å². The Hall–Kier alpha value is -2.42. The molecule has 1 saturated heterocycles. The van der Waals surface area contributed by atoms with Crippen LogP contribution in [0.15, 0.2) is 47.4 Å². The predicted octanol–water partition coefficient (Wildman–Crippen LogP) is 2.21. The van der Waals surface area contributed by atoms with Gasteiger partial charge in [0, 0.05) is 25.2 Å². The van der Waals surface area contributed by atoms with Crippen molar-refractivity contribution < 1.29 is 22.7 Å². The van der Waals surface area contributed by atoms with Crippen LogP contribution < -0.4 is 10.1 Å². The van der Waals surface area contributed by atoms with Crippen molar-refractivity contribution in [3.63, 3.8) is 0 Å². The number of carbonyl (C=O) groups excluding carboxylic acids is 1. The van der Waals surface area contributed by atoms with E-state index < -0.39 is 10.0 Å². The highest BCUT2D eigenvalue weighted by atomic mass is 32.2. The van der Waals surface area contributed by atoms with Crippen LogP contribution in [-0.4, -0.2) is 52.0 Å². The van der Waals surface area contributed by atoms with Crippen LogP contribution in [0.5, 0.6) is 5.75 Å². The topological polar surface area (TPSA) is 84.9 Å². The number of hydrogen-bond acceptors (Lipinski definition) is 5. The zero-order valence-corrected chi connectivity index (χ0v) is 17.5. The number of amides is 1. The van der Waals surface area contributed by atoms with Crippen LogP contribution >= 0.6 is 0 Å². The molecule has 0 unspecified atom stereocenters. The molecule has 2 aromatic rings. The fourth-order valence-corrected chi connectivity index (χ4v) is 4.91. The summed E-state index contributed by atoms with van der Waals surface area (Å²) < 4.78 is 38.0. The van der Waals surface area contributed by atoms with Gasteiger partial charge in [0.1, 0.15) is 5.75 Å². The smallest absolute Gasteiger partial charge is 0.251 e.